The number of pyridine rings is 2. The SMILES string of the molecule is O=Cc1ccc(CN2CC3(C2)CN(c2cncc(C(F)(F)F)c2)C3)cn1. The molecule has 2 aromatic heterocycles. The molecule has 0 unspecified atom stereocenters. The van der Waals surface area contributed by atoms with Crippen LogP contribution in [0.15, 0.2) is 36.8 Å². The largest absolute Gasteiger partial charge is 0.417 e. The van der Waals surface area contributed by atoms with Crippen molar-refractivity contribution in [3.63, 3.8) is 0 Å². The molecule has 0 radical (unpaired) electrons. The average Bonchev–Trinajstić information content (AvgIpc) is 2.55. The van der Waals surface area contributed by atoms with Crippen molar-refractivity contribution in [1.82, 2.24) is 14.9 Å². The van der Waals surface area contributed by atoms with Gasteiger partial charge in [-0.3, -0.25) is 19.7 Å². The van der Waals surface area contributed by atoms with Crippen LogP contribution < -0.4 is 4.90 Å². The van der Waals surface area contributed by atoms with Crippen molar-refractivity contribution in [3.8, 4) is 0 Å². The third-order valence-electron chi connectivity index (χ3n) is 4.96. The summed E-state index contributed by atoms with van der Waals surface area (Å²) in [5.74, 6) is 0. The molecule has 0 saturated carbocycles. The zero-order valence-electron chi connectivity index (χ0n) is 13.9. The first kappa shape index (κ1) is 17.0. The Morgan fingerprint density at radius 3 is 2.50 bits per heavy atom. The van der Waals surface area contributed by atoms with Gasteiger partial charge in [-0.25, -0.2) is 0 Å². The Morgan fingerprint density at radius 1 is 1.12 bits per heavy atom. The predicted molar refractivity (Wildman–Crippen MR) is 88.8 cm³/mol. The van der Waals surface area contributed by atoms with Crippen molar-refractivity contribution in [1.29, 1.82) is 0 Å². The molecule has 8 heteroatoms. The number of hydrogen-bond donors (Lipinski definition) is 0. The molecule has 2 saturated heterocycles. The van der Waals surface area contributed by atoms with Crippen LogP contribution in [-0.4, -0.2) is 47.3 Å². The molecule has 136 valence electrons. The molecule has 2 fully saturated rings. The van der Waals surface area contributed by atoms with E-state index in [4.69, 9.17) is 0 Å². The molecule has 0 atom stereocenters. The Morgan fingerprint density at radius 2 is 1.88 bits per heavy atom. The first-order valence-electron chi connectivity index (χ1n) is 8.27. The Balaban J connectivity index is 1.31. The highest BCUT2D eigenvalue weighted by Gasteiger charge is 2.51. The lowest BCUT2D eigenvalue weighted by Crippen LogP contribution is -2.72. The van der Waals surface area contributed by atoms with E-state index in [-0.39, 0.29) is 5.41 Å². The summed E-state index contributed by atoms with van der Waals surface area (Å²) in [7, 11) is 0. The normalized spacial score (nSPS) is 19.1. The second kappa shape index (κ2) is 6.05. The van der Waals surface area contributed by atoms with Gasteiger partial charge < -0.3 is 4.90 Å². The van der Waals surface area contributed by atoms with Crippen molar-refractivity contribution < 1.29 is 18.0 Å². The van der Waals surface area contributed by atoms with Crippen molar-refractivity contribution in [2.45, 2.75) is 12.7 Å². The first-order valence-corrected chi connectivity index (χ1v) is 8.27. The third kappa shape index (κ3) is 3.16. The first-order chi connectivity index (χ1) is 12.4. The Bertz CT molecular complexity index is 808. The topological polar surface area (TPSA) is 49.3 Å². The third-order valence-corrected chi connectivity index (χ3v) is 4.96. The van der Waals surface area contributed by atoms with Crippen LogP contribution >= 0.6 is 0 Å². The number of anilines is 1. The molecule has 4 rings (SSSR count). The van der Waals surface area contributed by atoms with Crippen LogP contribution in [0.4, 0.5) is 18.9 Å². The number of alkyl halides is 3. The second-order valence-electron chi connectivity index (χ2n) is 7.14. The summed E-state index contributed by atoms with van der Waals surface area (Å²) in [5.41, 5.74) is 1.43. The number of rotatable bonds is 4. The minimum Gasteiger partial charge on any atom is -0.369 e. The standard InChI is InChI=1S/C18H17F3N4O/c19-18(20,21)14-3-16(6-22-5-14)25-11-17(12-25)9-24(10-17)7-13-1-2-15(8-26)23-4-13/h1-6,8H,7,9-12H2. The second-order valence-corrected chi connectivity index (χ2v) is 7.14. The summed E-state index contributed by atoms with van der Waals surface area (Å²) in [5, 5.41) is 0. The van der Waals surface area contributed by atoms with Gasteiger partial charge in [0.2, 0.25) is 0 Å². The van der Waals surface area contributed by atoms with Gasteiger partial charge in [-0.15, -0.1) is 0 Å². The molecular formula is C18H17F3N4O. The van der Waals surface area contributed by atoms with E-state index in [0.29, 0.717) is 17.7 Å². The van der Waals surface area contributed by atoms with Crippen molar-refractivity contribution in [2.75, 3.05) is 31.1 Å². The van der Waals surface area contributed by atoms with Crippen LogP contribution in [0.3, 0.4) is 0 Å². The number of nitrogens with zero attached hydrogens (tertiary/aromatic N) is 4. The molecule has 0 bridgehead atoms. The highest BCUT2D eigenvalue weighted by molar-refractivity contribution is 5.71. The molecule has 0 aromatic carbocycles. The van der Waals surface area contributed by atoms with Crippen molar-refractivity contribution >= 4 is 12.0 Å². The molecule has 4 heterocycles. The summed E-state index contributed by atoms with van der Waals surface area (Å²) < 4.78 is 38.4. The summed E-state index contributed by atoms with van der Waals surface area (Å²) in [6.07, 6.45) is 0.392. The maximum absolute atomic E-state index is 12.8. The molecule has 2 aliphatic rings. The Labute approximate surface area is 148 Å². The van der Waals surface area contributed by atoms with Gasteiger partial charge >= 0.3 is 6.18 Å². The summed E-state index contributed by atoms with van der Waals surface area (Å²) in [6.45, 7) is 4.07. The zero-order valence-corrected chi connectivity index (χ0v) is 13.9. The molecule has 0 aliphatic carbocycles. The molecule has 5 nitrogen and oxygen atoms in total. The number of hydrogen-bond acceptors (Lipinski definition) is 5. The van der Waals surface area contributed by atoms with Gasteiger partial charge in [0.1, 0.15) is 5.69 Å². The minimum atomic E-state index is -4.37. The van der Waals surface area contributed by atoms with E-state index in [0.717, 1.165) is 50.6 Å². The van der Waals surface area contributed by atoms with Crippen LogP contribution in [0.25, 0.3) is 0 Å². The minimum absolute atomic E-state index is 0.157. The summed E-state index contributed by atoms with van der Waals surface area (Å²) in [6, 6.07) is 4.75. The van der Waals surface area contributed by atoms with E-state index in [1.165, 1.54) is 6.20 Å². The monoisotopic (exact) mass is 362 g/mol. The number of aldehydes is 1. The molecule has 26 heavy (non-hydrogen) atoms. The van der Waals surface area contributed by atoms with Crippen LogP contribution in [0.1, 0.15) is 21.6 Å². The van der Waals surface area contributed by atoms with Crippen molar-refractivity contribution in [3.05, 3.63) is 53.6 Å². The van der Waals surface area contributed by atoms with Gasteiger partial charge in [-0.1, -0.05) is 6.07 Å². The van der Waals surface area contributed by atoms with Crippen LogP contribution in [0.5, 0.6) is 0 Å². The van der Waals surface area contributed by atoms with Gasteiger partial charge in [0.15, 0.2) is 6.29 Å². The fourth-order valence-corrected chi connectivity index (χ4v) is 3.77. The lowest BCUT2D eigenvalue weighted by molar-refractivity contribution is -0.137. The van der Waals surface area contributed by atoms with Crippen LogP contribution in [0.2, 0.25) is 0 Å². The van der Waals surface area contributed by atoms with E-state index in [2.05, 4.69) is 14.9 Å². The number of halogens is 3. The van der Waals surface area contributed by atoms with Crippen LogP contribution in [0, 0.1) is 5.41 Å². The van der Waals surface area contributed by atoms with E-state index in [9.17, 15) is 18.0 Å². The number of likely N-dealkylation sites (tertiary alicyclic amines) is 1. The number of carbonyl (C=O) groups excluding carboxylic acids is 1. The lowest BCUT2D eigenvalue weighted by atomic mass is 9.72. The number of aromatic nitrogens is 2. The smallest absolute Gasteiger partial charge is 0.369 e. The molecule has 1 spiro atoms. The molecule has 0 amide bonds. The van der Waals surface area contributed by atoms with Gasteiger partial charge in [0.25, 0.3) is 0 Å². The Hall–Kier alpha value is -2.48. The fraction of sp³-hybridized carbons (Fsp3) is 0.389. The summed E-state index contributed by atoms with van der Waals surface area (Å²) in [4.78, 5) is 22.6. The lowest BCUT2D eigenvalue weighted by Gasteiger charge is -2.61. The quantitative estimate of drug-likeness (QED) is 0.783. The van der Waals surface area contributed by atoms with Gasteiger partial charge in [0.05, 0.1) is 17.4 Å². The maximum atomic E-state index is 12.8. The molecule has 2 aromatic rings. The van der Waals surface area contributed by atoms with Gasteiger partial charge in [-0.2, -0.15) is 13.2 Å². The molecular weight excluding hydrogens is 345 g/mol. The highest BCUT2D eigenvalue weighted by Crippen LogP contribution is 2.43. The van der Waals surface area contributed by atoms with Crippen molar-refractivity contribution in [2.24, 2.45) is 5.41 Å². The van der Waals surface area contributed by atoms with Gasteiger partial charge in [-0.05, 0) is 17.7 Å². The van der Waals surface area contributed by atoms with E-state index < -0.39 is 11.7 Å². The fourth-order valence-electron chi connectivity index (χ4n) is 3.77. The van der Waals surface area contributed by atoms with E-state index in [1.807, 2.05) is 11.0 Å². The van der Waals surface area contributed by atoms with E-state index >= 15 is 0 Å². The van der Waals surface area contributed by atoms with Crippen LogP contribution in [-0.2, 0) is 12.7 Å². The highest BCUT2D eigenvalue weighted by atomic mass is 19.4. The Kier molecular flexibility index (Phi) is 3.95. The zero-order chi connectivity index (χ0) is 18.4. The maximum Gasteiger partial charge on any atom is 0.417 e. The average molecular weight is 362 g/mol. The predicted octanol–water partition coefficient (Wildman–Crippen LogP) is 2.63. The van der Waals surface area contributed by atoms with E-state index in [1.54, 1.807) is 12.3 Å². The molecule has 2 aliphatic heterocycles. The number of carbonyl (C=O) groups is 1. The van der Waals surface area contributed by atoms with Gasteiger partial charge in [0, 0.05) is 50.5 Å². The summed E-state index contributed by atoms with van der Waals surface area (Å²) >= 11 is 0. The molecule has 0 N–H and O–H groups in total.